The van der Waals surface area contributed by atoms with Gasteiger partial charge in [-0.25, -0.2) is 0 Å². The summed E-state index contributed by atoms with van der Waals surface area (Å²) in [6, 6.07) is 9.12. The van der Waals surface area contributed by atoms with Gasteiger partial charge in [-0.15, -0.1) is 0 Å². The molecule has 1 aliphatic carbocycles. The second kappa shape index (κ2) is 6.05. The third-order valence-corrected chi connectivity index (χ3v) is 3.27. The molecule has 1 aliphatic rings. The van der Waals surface area contributed by atoms with Gasteiger partial charge >= 0.3 is 0 Å². The monoisotopic (exact) mass is 219 g/mol. The fourth-order valence-electron chi connectivity index (χ4n) is 2.09. The Morgan fingerprint density at radius 1 is 1.12 bits per heavy atom. The van der Waals surface area contributed by atoms with Crippen molar-refractivity contribution in [1.29, 1.82) is 0 Å². The first-order chi connectivity index (χ1) is 7.80. The Kier molecular flexibility index (Phi) is 5.01. The van der Waals surface area contributed by atoms with Crippen LogP contribution >= 0.6 is 0 Å². The van der Waals surface area contributed by atoms with Gasteiger partial charge in [-0.3, -0.25) is 0 Å². The molecule has 2 rings (SSSR count). The second-order valence-electron chi connectivity index (χ2n) is 4.28. The van der Waals surface area contributed by atoms with Crippen LogP contribution in [0.5, 0.6) is 0 Å². The molecule has 0 heterocycles. The van der Waals surface area contributed by atoms with Crippen molar-refractivity contribution in [3.05, 3.63) is 35.4 Å². The van der Waals surface area contributed by atoms with Gasteiger partial charge in [0.25, 0.3) is 0 Å². The summed E-state index contributed by atoms with van der Waals surface area (Å²) in [6.07, 6.45) is 5.01. The minimum absolute atomic E-state index is 0.324. The van der Waals surface area contributed by atoms with E-state index in [-0.39, 0.29) is 0 Å². The minimum atomic E-state index is 0.324. The largest absolute Gasteiger partial charge is 0.310 e. The highest BCUT2D eigenvalue weighted by Crippen LogP contribution is 2.44. The van der Waals surface area contributed by atoms with Crippen LogP contribution in [0.25, 0.3) is 0 Å². The quantitative estimate of drug-likeness (QED) is 0.810. The lowest BCUT2D eigenvalue weighted by atomic mass is 10.0. The molecule has 0 saturated heterocycles. The normalized spacial score (nSPS) is 16.2. The molecule has 0 spiro atoms. The molecule has 0 radical (unpaired) electrons. The molecule has 1 heteroatoms. The summed E-state index contributed by atoms with van der Waals surface area (Å²) in [7, 11) is 2.06. The van der Waals surface area contributed by atoms with E-state index >= 15 is 0 Å². The lowest BCUT2D eigenvalue weighted by Gasteiger charge is -2.14. The number of aryl methyl sites for hydroxylation is 1. The molecule has 0 aromatic heterocycles. The summed E-state index contributed by atoms with van der Waals surface area (Å²) in [5.74, 6) is 0. The van der Waals surface area contributed by atoms with E-state index in [0.29, 0.717) is 5.54 Å². The zero-order valence-electron chi connectivity index (χ0n) is 11.1. The molecule has 1 fully saturated rings. The van der Waals surface area contributed by atoms with Crippen molar-refractivity contribution < 1.29 is 0 Å². The van der Waals surface area contributed by atoms with Gasteiger partial charge in [0, 0.05) is 5.54 Å². The molecule has 0 amide bonds. The summed E-state index contributed by atoms with van der Waals surface area (Å²) in [6.45, 7) is 6.23. The van der Waals surface area contributed by atoms with E-state index in [9.17, 15) is 0 Å². The Morgan fingerprint density at radius 2 is 1.69 bits per heavy atom. The fraction of sp³-hybridized carbons (Fsp3) is 0.600. The predicted molar refractivity (Wildman–Crippen MR) is 71.8 cm³/mol. The molecule has 1 saturated carbocycles. The van der Waals surface area contributed by atoms with Crippen LogP contribution in [0.3, 0.4) is 0 Å². The second-order valence-corrected chi connectivity index (χ2v) is 4.28. The number of hydrogen-bond acceptors (Lipinski definition) is 1. The van der Waals surface area contributed by atoms with E-state index in [2.05, 4.69) is 43.6 Å². The van der Waals surface area contributed by atoms with E-state index in [1.54, 1.807) is 0 Å². The summed E-state index contributed by atoms with van der Waals surface area (Å²) >= 11 is 0. The lowest BCUT2D eigenvalue weighted by molar-refractivity contribution is 0.585. The van der Waals surface area contributed by atoms with Crippen molar-refractivity contribution in [2.45, 2.75) is 52.0 Å². The fourth-order valence-corrected chi connectivity index (χ4v) is 2.09. The van der Waals surface area contributed by atoms with Crippen molar-refractivity contribution >= 4 is 0 Å². The first-order valence-corrected chi connectivity index (χ1v) is 6.59. The Hall–Kier alpha value is -0.820. The van der Waals surface area contributed by atoms with Crippen molar-refractivity contribution in [1.82, 2.24) is 5.32 Å². The van der Waals surface area contributed by atoms with Gasteiger partial charge in [0.1, 0.15) is 0 Å². The topological polar surface area (TPSA) is 12.0 Å². The smallest absolute Gasteiger partial charge is 0.0433 e. The maximum absolute atomic E-state index is 3.42. The van der Waals surface area contributed by atoms with Crippen LogP contribution < -0.4 is 5.32 Å². The van der Waals surface area contributed by atoms with Crippen molar-refractivity contribution in [2.75, 3.05) is 7.05 Å². The maximum atomic E-state index is 3.42. The molecule has 1 nitrogen and oxygen atoms in total. The summed E-state index contributed by atoms with van der Waals surface area (Å²) in [5.41, 5.74) is 3.24. The first kappa shape index (κ1) is 13.2. The molecule has 16 heavy (non-hydrogen) atoms. The number of rotatable bonds is 4. The molecule has 0 aliphatic heterocycles. The van der Waals surface area contributed by atoms with E-state index in [1.165, 1.54) is 36.8 Å². The third-order valence-electron chi connectivity index (χ3n) is 3.27. The van der Waals surface area contributed by atoms with Crippen LogP contribution in [0.2, 0.25) is 0 Å². The van der Waals surface area contributed by atoms with Gasteiger partial charge in [0.2, 0.25) is 0 Å². The Bertz CT molecular complexity index is 296. The molecule has 1 aromatic carbocycles. The van der Waals surface area contributed by atoms with Crippen LogP contribution in [0, 0.1) is 0 Å². The maximum Gasteiger partial charge on any atom is 0.0433 e. The van der Waals surface area contributed by atoms with E-state index in [4.69, 9.17) is 0 Å². The van der Waals surface area contributed by atoms with Crippen molar-refractivity contribution in [3.63, 3.8) is 0 Å². The first-order valence-electron chi connectivity index (χ1n) is 6.59. The van der Waals surface area contributed by atoms with Crippen LogP contribution in [0.15, 0.2) is 24.3 Å². The number of benzene rings is 1. The molecule has 0 unspecified atom stereocenters. The zero-order chi connectivity index (χ0) is 12.0. The Morgan fingerprint density at radius 3 is 2.06 bits per heavy atom. The number of hydrogen-bond donors (Lipinski definition) is 1. The Labute approximate surface area is 100 Å². The summed E-state index contributed by atoms with van der Waals surface area (Å²) < 4.78 is 0. The highest BCUT2D eigenvalue weighted by Gasteiger charge is 2.42. The average Bonchev–Trinajstić information content (AvgIpc) is 3.14. The van der Waals surface area contributed by atoms with E-state index in [1.807, 2.05) is 13.8 Å². The summed E-state index contributed by atoms with van der Waals surface area (Å²) in [4.78, 5) is 0. The molecular formula is C15H25N. The molecule has 0 atom stereocenters. The standard InChI is InChI=1S/C13H19N.C2H6/c1-3-4-11-5-7-12(8-6-11)13(14-2)9-10-13;1-2/h5-8,14H,3-4,9-10H2,1-2H3;1-2H3. The van der Waals surface area contributed by atoms with Crippen LogP contribution in [-0.4, -0.2) is 7.05 Å². The van der Waals surface area contributed by atoms with Gasteiger partial charge < -0.3 is 5.32 Å². The highest BCUT2D eigenvalue weighted by atomic mass is 15.0. The van der Waals surface area contributed by atoms with Gasteiger partial charge in [-0.2, -0.15) is 0 Å². The molecule has 90 valence electrons. The average molecular weight is 219 g/mol. The molecule has 1 N–H and O–H groups in total. The molecular weight excluding hydrogens is 194 g/mol. The Balaban J connectivity index is 0.000000606. The van der Waals surface area contributed by atoms with E-state index < -0.39 is 0 Å². The zero-order valence-corrected chi connectivity index (χ0v) is 11.1. The van der Waals surface area contributed by atoms with E-state index in [0.717, 1.165) is 0 Å². The molecule has 0 bridgehead atoms. The SMILES string of the molecule is CC.CCCc1ccc(C2(NC)CC2)cc1. The van der Waals surface area contributed by atoms with Crippen LogP contribution in [0.4, 0.5) is 0 Å². The minimum Gasteiger partial charge on any atom is -0.310 e. The predicted octanol–water partition coefficient (Wildman–Crippen LogP) is 3.87. The highest BCUT2D eigenvalue weighted by molar-refractivity contribution is 5.32. The third kappa shape index (κ3) is 2.85. The molecule has 1 aromatic rings. The van der Waals surface area contributed by atoms with Gasteiger partial charge in [-0.05, 0) is 37.4 Å². The van der Waals surface area contributed by atoms with Crippen LogP contribution in [0.1, 0.15) is 51.2 Å². The van der Waals surface area contributed by atoms with Crippen molar-refractivity contribution in [3.8, 4) is 0 Å². The lowest BCUT2D eigenvalue weighted by Crippen LogP contribution is -2.24. The summed E-state index contributed by atoms with van der Waals surface area (Å²) in [5, 5.41) is 3.42. The van der Waals surface area contributed by atoms with Crippen LogP contribution in [-0.2, 0) is 12.0 Å². The van der Waals surface area contributed by atoms with Gasteiger partial charge in [-0.1, -0.05) is 51.5 Å². The number of nitrogens with one attached hydrogen (secondary N) is 1. The van der Waals surface area contributed by atoms with Gasteiger partial charge in [0.15, 0.2) is 0 Å². The van der Waals surface area contributed by atoms with Gasteiger partial charge in [0.05, 0.1) is 0 Å². The van der Waals surface area contributed by atoms with Crippen molar-refractivity contribution in [2.24, 2.45) is 0 Å².